The van der Waals surface area contributed by atoms with Crippen LogP contribution in [-0.2, 0) is 23.1 Å². The average molecular weight is 384 g/mol. The molecule has 0 radical (unpaired) electrons. The molecule has 0 spiro atoms. The standard InChI is InChI=1S/C19H20N4O3S/c1-3-23-18(25)15-9-4-5-10-16(15)20-19(23)22-21-17(24)14-8-6-7-13(11-14)12-27(2)26/h4-11H,3,12H2,1-2H3,(H,20,22)(H,21,24). The lowest BCUT2D eigenvalue weighted by Gasteiger charge is -2.14. The summed E-state index contributed by atoms with van der Waals surface area (Å²) < 4.78 is 12.8. The summed E-state index contributed by atoms with van der Waals surface area (Å²) >= 11 is 0. The van der Waals surface area contributed by atoms with E-state index in [9.17, 15) is 13.8 Å². The van der Waals surface area contributed by atoms with Gasteiger partial charge in [0.05, 0.1) is 10.9 Å². The van der Waals surface area contributed by atoms with E-state index in [1.54, 1.807) is 48.7 Å². The molecule has 140 valence electrons. The molecule has 0 fully saturated rings. The zero-order valence-electron chi connectivity index (χ0n) is 15.1. The molecule has 1 heterocycles. The van der Waals surface area contributed by atoms with Gasteiger partial charge in [0.15, 0.2) is 0 Å². The van der Waals surface area contributed by atoms with E-state index < -0.39 is 10.8 Å². The highest BCUT2D eigenvalue weighted by Gasteiger charge is 2.11. The van der Waals surface area contributed by atoms with Crippen LogP contribution in [-0.4, -0.2) is 25.9 Å². The van der Waals surface area contributed by atoms with E-state index in [1.165, 1.54) is 4.57 Å². The first kappa shape index (κ1) is 18.8. The molecule has 2 N–H and O–H groups in total. The number of fused-ring (bicyclic) bond motifs is 1. The van der Waals surface area contributed by atoms with Gasteiger partial charge in [-0.25, -0.2) is 4.98 Å². The number of benzene rings is 2. The van der Waals surface area contributed by atoms with Gasteiger partial charge in [0.1, 0.15) is 0 Å². The number of carbonyl (C=O) groups is 1. The van der Waals surface area contributed by atoms with Crippen molar-refractivity contribution in [1.29, 1.82) is 0 Å². The van der Waals surface area contributed by atoms with Crippen molar-refractivity contribution in [2.45, 2.75) is 19.2 Å². The third-order valence-electron chi connectivity index (χ3n) is 4.02. The Kier molecular flexibility index (Phi) is 5.66. The summed E-state index contributed by atoms with van der Waals surface area (Å²) in [5.74, 6) is 0.278. The molecule has 1 unspecified atom stereocenters. The van der Waals surface area contributed by atoms with Crippen molar-refractivity contribution in [3.05, 3.63) is 70.0 Å². The molecule has 1 aromatic heterocycles. The van der Waals surface area contributed by atoms with E-state index in [0.29, 0.717) is 28.8 Å². The van der Waals surface area contributed by atoms with Crippen molar-refractivity contribution >= 4 is 33.6 Å². The summed E-state index contributed by atoms with van der Waals surface area (Å²) in [6.45, 7) is 2.24. The Balaban J connectivity index is 1.83. The second kappa shape index (κ2) is 8.13. The molecule has 0 aliphatic carbocycles. The first-order chi connectivity index (χ1) is 13.0. The molecule has 0 aliphatic heterocycles. The van der Waals surface area contributed by atoms with Crippen LogP contribution in [0.25, 0.3) is 10.9 Å². The zero-order valence-corrected chi connectivity index (χ0v) is 15.9. The topological polar surface area (TPSA) is 93.1 Å². The van der Waals surface area contributed by atoms with Crippen molar-refractivity contribution in [2.24, 2.45) is 0 Å². The van der Waals surface area contributed by atoms with Crippen molar-refractivity contribution in [2.75, 3.05) is 11.7 Å². The number of hydrogen-bond donors (Lipinski definition) is 2. The first-order valence-corrected chi connectivity index (χ1v) is 10.2. The molecule has 2 aromatic carbocycles. The number of rotatable bonds is 6. The molecule has 0 bridgehead atoms. The third kappa shape index (κ3) is 4.22. The minimum absolute atomic E-state index is 0.174. The van der Waals surface area contributed by atoms with Crippen molar-refractivity contribution < 1.29 is 9.00 Å². The van der Waals surface area contributed by atoms with E-state index in [2.05, 4.69) is 15.8 Å². The fourth-order valence-corrected chi connectivity index (χ4v) is 3.43. The summed E-state index contributed by atoms with van der Waals surface area (Å²) in [7, 11) is -0.987. The summed E-state index contributed by atoms with van der Waals surface area (Å²) in [6, 6.07) is 14.0. The quantitative estimate of drug-likeness (QED) is 0.635. The summed E-state index contributed by atoms with van der Waals surface area (Å²) in [5, 5.41) is 0.525. The maximum absolute atomic E-state index is 12.6. The average Bonchev–Trinajstić information content (AvgIpc) is 2.66. The van der Waals surface area contributed by atoms with Crippen LogP contribution in [0.5, 0.6) is 0 Å². The predicted octanol–water partition coefficient (Wildman–Crippen LogP) is 2.05. The third-order valence-corrected chi connectivity index (χ3v) is 4.76. The van der Waals surface area contributed by atoms with E-state index >= 15 is 0 Å². The Morgan fingerprint density at radius 2 is 1.96 bits per heavy atom. The number of para-hydroxylation sites is 1. The lowest BCUT2D eigenvalue weighted by atomic mass is 10.1. The van der Waals surface area contributed by atoms with Gasteiger partial charge in [-0.1, -0.05) is 24.3 Å². The fourth-order valence-electron chi connectivity index (χ4n) is 2.78. The molecule has 0 saturated heterocycles. The molecule has 0 saturated carbocycles. The van der Waals surface area contributed by atoms with Crippen LogP contribution in [0.1, 0.15) is 22.8 Å². The second-order valence-electron chi connectivity index (χ2n) is 6.00. The van der Waals surface area contributed by atoms with E-state index in [1.807, 2.05) is 13.0 Å². The van der Waals surface area contributed by atoms with Gasteiger partial charge in [0.2, 0.25) is 5.95 Å². The van der Waals surface area contributed by atoms with Gasteiger partial charge in [-0.2, -0.15) is 0 Å². The van der Waals surface area contributed by atoms with E-state index in [4.69, 9.17) is 0 Å². The van der Waals surface area contributed by atoms with Crippen LogP contribution >= 0.6 is 0 Å². The van der Waals surface area contributed by atoms with Gasteiger partial charge >= 0.3 is 0 Å². The number of amides is 1. The molecule has 1 amide bonds. The maximum Gasteiger partial charge on any atom is 0.269 e. The number of anilines is 1. The van der Waals surface area contributed by atoms with Gasteiger partial charge in [-0.05, 0) is 36.8 Å². The monoisotopic (exact) mass is 384 g/mol. The van der Waals surface area contributed by atoms with Crippen LogP contribution in [0.4, 0.5) is 5.95 Å². The Morgan fingerprint density at radius 1 is 1.19 bits per heavy atom. The number of nitrogens with one attached hydrogen (secondary N) is 2. The Bertz CT molecular complexity index is 1080. The van der Waals surface area contributed by atoms with Gasteiger partial charge in [0.25, 0.3) is 11.5 Å². The zero-order chi connectivity index (χ0) is 19.4. The Labute approximate surface area is 158 Å². The highest BCUT2D eigenvalue weighted by atomic mass is 32.2. The highest BCUT2D eigenvalue weighted by molar-refractivity contribution is 7.83. The molecule has 7 nitrogen and oxygen atoms in total. The maximum atomic E-state index is 12.6. The number of carbonyl (C=O) groups excluding carboxylic acids is 1. The Morgan fingerprint density at radius 3 is 2.70 bits per heavy atom. The lowest BCUT2D eigenvalue weighted by Crippen LogP contribution is -2.34. The van der Waals surface area contributed by atoms with Gasteiger partial charge in [0, 0.05) is 34.9 Å². The van der Waals surface area contributed by atoms with E-state index in [-0.39, 0.29) is 17.4 Å². The lowest BCUT2D eigenvalue weighted by molar-refractivity contribution is 0.0962. The highest BCUT2D eigenvalue weighted by Crippen LogP contribution is 2.11. The molecular formula is C19H20N4O3S. The second-order valence-corrected chi connectivity index (χ2v) is 7.43. The minimum atomic E-state index is -0.987. The molecular weight excluding hydrogens is 364 g/mol. The normalized spacial score (nSPS) is 11.9. The molecule has 8 heteroatoms. The number of nitrogens with zero attached hydrogens (tertiary/aromatic N) is 2. The smallest absolute Gasteiger partial charge is 0.269 e. The van der Waals surface area contributed by atoms with Crippen LogP contribution in [0.15, 0.2) is 53.3 Å². The molecule has 27 heavy (non-hydrogen) atoms. The van der Waals surface area contributed by atoms with Crippen molar-refractivity contribution in [3.63, 3.8) is 0 Å². The van der Waals surface area contributed by atoms with Crippen LogP contribution in [0.2, 0.25) is 0 Å². The molecule has 0 aliphatic rings. The largest absolute Gasteiger partial charge is 0.277 e. The van der Waals surface area contributed by atoms with Crippen molar-refractivity contribution in [3.8, 4) is 0 Å². The van der Waals surface area contributed by atoms with Gasteiger partial charge in [-0.3, -0.25) is 29.2 Å². The summed E-state index contributed by atoms with van der Waals surface area (Å²) in [4.78, 5) is 29.4. The molecule has 3 aromatic rings. The van der Waals surface area contributed by atoms with Gasteiger partial charge in [-0.15, -0.1) is 0 Å². The number of hydrogen-bond acceptors (Lipinski definition) is 5. The SMILES string of the molecule is CCn1c(NNC(=O)c2cccc(CS(C)=O)c2)nc2ccccc2c1=O. The Hall–Kier alpha value is -3.00. The first-order valence-electron chi connectivity index (χ1n) is 8.44. The van der Waals surface area contributed by atoms with Crippen molar-refractivity contribution in [1.82, 2.24) is 15.0 Å². The van der Waals surface area contributed by atoms with Crippen LogP contribution in [0, 0.1) is 0 Å². The molecule has 3 rings (SSSR count). The van der Waals surface area contributed by atoms with E-state index in [0.717, 1.165) is 5.56 Å². The minimum Gasteiger partial charge on any atom is -0.277 e. The van der Waals surface area contributed by atoms with Gasteiger partial charge < -0.3 is 0 Å². The molecule has 1 atom stereocenters. The number of hydrazine groups is 1. The fraction of sp³-hybridized carbons (Fsp3) is 0.211. The van der Waals surface area contributed by atoms with Crippen LogP contribution in [0.3, 0.4) is 0 Å². The number of aromatic nitrogens is 2. The summed E-state index contributed by atoms with van der Waals surface area (Å²) in [6.07, 6.45) is 1.61. The predicted molar refractivity (Wildman–Crippen MR) is 107 cm³/mol. The summed E-state index contributed by atoms with van der Waals surface area (Å²) in [5.41, 5.74) is 6.95. The van der Waals surface area contributed by atoms with Crippen LogP contribution < -0.4 is 16.4 Å².